The normalized spacial score (nSPS) is 24.9. The monoisotopic (exact) mass is 385 g/mol. The van der Waals surface area contributed by atoms with Crippen LogP contribution in [0.5, 0.6) is 0 Å². The summed E-state index contributed by atoms with van der Waals surface area (Å²) in [6, 6.07) is 3.94. The van der Waals surface area contributed by atoms with E-state index in [2.05, 4.69) is 9.88 Å². The van der Waals surface area contributed by atoms with Crippen LogP contribution in [0, 0.1) is 5.92 Å². The molecule has 0 aromatic carbocycles. The number of fused-ring (bicyclic) bond motifs is 2. The summed E-state index contributed by atoms with van der Waals surface area (Å²) in [6.45, 7) is 6.07. The van der Waals surface area contributed by atoms with Gasteiger partial charge in [0.2, 0.25) is 5.91 Å². The maximum Gasteiger partial charge on any atom is 0.343 e. The molecule has 3 amide bonds. The molecule has 4 rings (SSSR count). The average molecular weight is 386 g/mol. The zero-order chi connectivity index (χ0) is 19.7. The second kappa shape index (κ2) is 7.97. The zero-order valence-corrected chi connectivity index (χ0v) is 17.0. The number of hydrogen-bond acceptors (Lipinski definition) is 4. The summed E-state index contributed by atoms with van der Waals surface area (Å²) in [5, 5.41) is 3.58. The van der Waals surface area contributed by atoms with Crippen molar-refractivity contribution in [3.05, 3.63) is 18.3 Å². The van der Waals surface area contributed by atoms with Crippen molar-refractivity contribution in [3.8, 4) is 0 Å². The molecular formula is C21H31N5O2. The molecule has 0 bridgehead atoms. The third kappa shape index (κ3) is 3.20. The summed E-state index contributed by atoms with van der Waals surface area (Å²) in [4.78, 5) is 34.7. The van der Waals surface area contributed by atoms with Crippen LogP contribution in [0.25, 0.3) is 0 Å². The Balaban J connectivity index is 1.59. The maximum absolute atomic E-state index is 13.3. The van der Waals surface area contributed by atoms with E-state index in [4.69, 9.17) is 0 Å². The number of piperidine rings is 1. The molecule has 1 aromatic heterocycles. The number of hydrazine groups is 1. The minimum atomic E-state index is -0.143. The van der Waals surface area contributed by atoms with Crippen molar-refractivity contribution in [2.45, 2.75) is 58.4 Å². The number of pyridine rings is 1. The van der Waals surface area contributed by atoms with Gasteiger partial charge < -0.3 is 4.90 Å². The van der Waals surface area contributed by atoms with E-state index in [1.54, 1.807) is 16.1 Å². The van der Waals surface area contributed by atoms with E-state index < -0.39 is 0 Å². The van der Waals surface area contributed by atoms with Crippen molar-refractivity contribution >= 4 is 23.4 Å². The van der Waals surface area contributed by atoms with Gasteiger partial charge in [0.05, 0.1) is 5.69 Å². The molecule has 1 aliphatic carbocycles. The lowest BCUT2D eigenvalue weighted by atomic mass is 9.78. The quantitative estimate of drug-likeness (QED) is 0.798. The molecule has 7 nitrogen and oxygen atoms in total. The van der Waals surface area contributed by atoms with E-state index >= 15 is 0 Å². The Morgan fingerprint density at radius 3 is 2.64 bits per heavy atom. The largest absolute Gasteiger partial charge is 0.343 e. The fraction of sp³-hybridized carbons (Fsp3) is 0.667. The van der Waals surface area contributed by atoms with Gasteiger partial charge in [-0.2, -0.15) is 0 Å². The zero-order valence-electron chi connectivity index (χ0n) is 17.0. The number of amides is 3. The number of rotatable bonds is 4. The van der Waals surface area contributed by atoms with Gasteiger partial charge in [0, 0.05) is 31.9 Å². The molecule has 3 heterocycles. The Hall–Kier alpha value is -2.31. The fourth-order valence-corrected chi connectivity index (χ4v) is 5.20. The molecule has 7 heteroatoms. The number of anilines is 2. The second-order valence-corrected chi connectivity index (χ2v) is 7.99. The molecule has 1 saturated carbocycles. The van der Waals surface area contributed by atoms with Gasteiger partial charge in [-0.3, -0.25) is 14.7 Å². The standard InChI is InChI=1S/C21H31N5O2/c1-3-25-20-18(12-7-13-22-20)24(21(28)26(25)4-2)15-19(27)23-14-8-10-16-9-5-6-11-17(16)23/h7,12-13,16-17H,3-6,8-11,14-15H2,1-2H3. The van der Waals surface area contributed by atoms with Crippen molar-refractivity contribution in [2.75, 3.05) is 36.1 Å². The Morgan fingerprint density at radius 1 is 1.11 bits per heavy atom. The lowest BCUT2D eigenvalue weighted by molar-refractivity contribution is -0.135. The minimum absolute atomic E-state index is 0.0701. The summed E-state index contributed by atoms with van der Waals surface area (Å²) in [5.74, 6) is 1.45. The van der Waals surface area contributed by atoms with E-state index in [0.717, 1.165) is 30.9 Å². The van der Waals surface area contributed by atoms with Crippen molar-refractivity contribution in [1.29, 1.82) is 0 Å². The minimum Gasteiger partial charge on any atom is -0.338 e. The number of hydrogen-bond donors (Lipinski definition) is 0. The molecule has 2 aliphatic heterocycles. The number of urea groups is 1. The highest BCUT2D eigenvalue weighted by Gasteiger charge is 2.40. The first kappa shape index (κ1) is 19.0. The van der Waals surface area contributed by atoms with Crippen LogP contribution in [0.4, 0.5) is 16.3 Å². The molecule has 28 heavy (non-hydrogen) atoms. The third-order valence-corrected chi connectivity index (χ3v) is 6.50. The Kier molecular flexibility index (Phi) is 5.42. The molecule has 1 saturated heterocycles. The van der Waals surface area contributed by atoms with Crippen LogP contribution in [-0.4, -0.2) is 59.1 Å². The Bertz CT molecular complexity index is 737. The highest BCUT2D eigenvalue weighted by Crippen LogP contribution is 2.37. The summed E-state index contributed by atoms with van der Waals surface area (Å²) in [5.41, 5.74) is 0.726. The SMILES string of the molecule is CCN1C(=O)N(CC(=O)N2CCCC3CCCCC32)c2cccnc2N1CC. The van der Waals surface area contributed by atoms with Gasteiger partial charge >= 0.3 is 6.03 Å². The summed E-state index contributed by atoms with van der Waals surface area (Å²) in [7, 11) is 0. The number of carbonyl (C=O) groups excluding carboxylic acids is 2. The highest BCUT2D eigenvalue weighted by atomic mass is 16.2. The number of likely N-dealkylation sites (tertiary alicyclic amines) is 1. The van der Waals surface area contributed by atoms with Gasteiger partial charge in [0.1, 0.15) is 6.54 Å². The van der Waals surface area contributed by atoms with E-state index in [1.807, 2.05) is 31.0 Å². The number of nitrogens with zero attached hydrogens (tertiary/aromatic N) is 5. The fourth-order valence-electron chi connectivity index (χ4n) is 5.20. The van der Waals surface area contributed by atoms with E-state index in [1.165, 1.54) is 25.7 Å². The Labute approximate surface area is 167 Å². The van der Waals surface area contributed by atoms with Crippen molar-refractivity contribution in [1.82, 2.24) is 14.9 Å². The summed E-state index contributed by atoms with van der Waals surface area (Å²) in [6.07, 6.45) is 8.87. The van der Waals surface area contributed by atoms with Crippen LogP contribution < -0.4 is 9.91 Å². The van der Waals surface area contributed by atoms with Crippen molar-refractivity contribution < 1.29 is 9.59 Å². The van der Waals surface area contributed by atoms with Gasteiger partial charge in [-0.15, -0.1) is 0 Å². The van der Waals surface area contributed by atoms with Gasteiger partial charge in [-0.1, -0.05) is 12.8 Å². The first-order chi connectivity index (χ1) is 13.7. The first-order valence-corrected chi connectivity index (χ1v) is 10.8. The van der Waals surface area contributed by atoms with Crippen molar-refractivity contribution in [2.24, 2.45) is 5.92 Å². The summed E-state index contributed by atoms with van der Waals surface area (Å²) >= 11 is 0. The number of aromatic nitrogens is 1. The smallest absolute Gasteiger partial charge is 0.338 e. The van der Waals surface area contributed by atoms with Crippen LogP contribution in [0.3, 0.4) is 0 Å². The van der Waals surface area contributed by atoms with Crippen LogP contribution in [0.2, 0.25) is 0 Å². The molecule has 3 aliphatic rings. The molecule has 2 unspecified atom stereocenters. The highest BCUT2D eigenvalue weighted by molar-refractivity contribution is 6.03. The molecule has 0 radical (unpaired) electrons. The number of carbonyl (C=O) groups is 2. The lowest BCUT2D eigenvalue weighted by Gasteiger charge is -2.46. The lowest BCUT2D eigenvalue weighted by Crippen LogP contribution is -2.60. The van der Waals surface area contributed by atoms with E-state index in [-0.39, 0.29) is 18.5 Å². The molecule has 0 spiro atoms. The van der Waals surface area contributed by atoms with Gasteiger partial charge in [-0.25, -0.2) is 14.8 Å². The maximum atomic E-state index is 13.3. The van der Waals surface area contributed by atoms with E-state index in [9.17, 15) is 9.59 Å². The van der Waals surface area contributed by atoms with Gasteiger partial charge in [0.25, 0.3) is 0 Å². The molecule has 2 atom stereocenters. The third-order valence-electron chi connectivity index (χ3n) is 6.50. The van der Waals surface area contributed by atoms with Crippen molar-refractivity contribution in [3.63, 3.8) is 0 Å². The summed E-state index contributed by atoms with van der Waals surface area (Å²) < 4.78 is 0. The molecule has 1 aromatic rings. The Morgan fingerprint density at radius 2 is 1.86 bits per heavy atom. The predicted molar refractivity (Wildman–Crippen MR) is 109 cm³/mol. The van der Waals surface area contributed by atoms with Crippen LogP contribution >= 0.6 is 0 Å². The first-order valence-electron chi connectivity index (χ1n) is 10.8. The molecule has 2 fully saturated rings. The van der Waals surface area contributed by atoms with Crippen LogP contribution in [-0.2, 0) is 4.79 Å². The van der Waals surface area contributed by atoms with Crippen LogP contribution in [0.1, 0.15) is 52.4 Å². The van der Waals surface area contributed by atoms with Crippen LogP contribution in [0.15, 0.2) is 18.3 Å². The topological polar surface area (TPSA) is 60.0 Å². The average Bonchev–Trinajstić information content (AvgIpc) is 2.74. The second-order valence-electron chi connectivity index (χ2n) is 7.99. The molecular weight excluding hydrogens is 354 g/mol. The van der Waals surface area contributed by atoms with Gasteiger partial charge in [-0.05, 0) is 57.6 Å². The molecule has 152 valence electrons. The van der Waals surface area contributed by atoms with E-state index in [0.29, 0.717) is 25.0 Å². The molecule has 0 N–H and O–H groups in total. The predicted octanol–water partition coefficient (Wildman–Crippen LogP) is 3.27. The van der Waals surface area contributed by atoms with Gasteiger partial charge in [0.15, 0.2) is 5.82 Å².